The minimum absolute atomic E-state index is 0.000296. The van der Waals surface area contributed by atoms with E-state index >= 15 is 0 Å². The van der Waals surface area contributed by atoms with Crippen LogP contribution < -0.4 is 5.73 Å². The average Bonchev–Trinajstić information content (AvgIpc) is 2.71. The Hall–Kier alpha value is -2.52. The Balaban J connectivity index is 1.70. The van der Waals surface area contributed by atoms with Crippen molar-refractivity contribution in [2.75, 3.05) is 5.75 Å². The monoisotopic (exact) mass is 495 g/mol. The van der Waals surface area contributed by atoms with Gasteiger partial charge in [-0.05, 0) is 44.4 Å². The molecule has 33 heavy (non-hydrogen) atoms. The molecule has 0 aromatic heterocycles. The van der Waals surface area contributed by atoms with E-state index < -0.39 is 32.3 Å². The van der Waals surface area contributed by atoms with E-state index in [4.69, 9.17) is 17.3 Å². The lowest BCUT2D eigenvalue weighted by molar-refractivity contribution is -0.131. The van der Waals surface area contributed by atoms with E-state index in [-0.39, 0.29) is 40.7 Å². The molecule has 3 atom stereocenters. The van der Waals surface area contributed by atoms with Crippen molar-refractivity contribution in [1.82, 2.24) is 4.90 Å². The van der Waals surface area contributed by atoms with Crippen molar-refractivity contribution >= 4 is 33.3 Å². The highest BCUT2D eigenvalue weighted by Gasteiger charge is 2.44. The minimum Gasteiger partial charge on any atom is -0.369 e. The summed E-state index contributed by atoms with van der Waals surface area (Å²) in [6.07, 6.45) is 0.549. The average molecular weight is 496 g/mol. The Bertz CT molecular complexity index is 1270. The van der Waals surface area contributed by atoms with Gasteiger partial charge >= 0.3 is 0 Å². The molecule has 0 saturated carbocycles. The fourth-order valence-corrected chi connectivity index (χ4v) is 6.60. The van der Waals surface area contributed by atoms with Gasteiger partial charge in [-0.15, -0.1) is 0 Å². The number of rotatable bonds is 3. The van der Waals surface area contributed by atoms with E-state index in [2.05, 4.69) is 4.99 Å². The first kappa shape index (κ1) is 23.6. The Labute approximate surface area is 196 Å². The van der Waals surface area contributed by atoms with E-state index in [9.17, 15) is 22.0 Å². The fraction of sp³-hybridized carbons (Fsp3) is 0.391. The van der Waals surface area contributed by atoms with E-state index in [0.717, 1.165) is 12.1 Å². The zero-order valence-electron chi connectivity index (χ0n) is 18.2. The number of guanidine groups is 1. The van der Waals surface area contributed by atoms with Gasteiger partial charge in [-0.3, -0.25) is 9.69 Å². The second kappa shape index (κ2) is 8.36. The highest BCUT2D eigenvalue weighted by molar-refractivity contribution is 7.92. The van der Waals surface area contributed by atoms with Crippen LogP contribution in [0.1, 0.15) is 38.7 Å². The van der Waals surface area contributed by atoms with Crippen molar-refractivity contribution in [1.29, 1.82) is 0 Å². The van der Waals surface area contributed by atoms with Gasteiger partial charge in [0.2, 0.25) is 5.91 Å². The van der Waals surface area contributed by atoms with Crippen LogP contribution in [0.3, 0.4) is 0 Å². The third-order valence-electron chi connectivity index (χ3n) is 6.49. The van der Waals surface area contributed by atoms with Crippen LogP contribution in [0.25, 0.3) is 11.1 Å². The van der Waals surface area contributed by atoms with Crippen molar-refractivity contribution in [3.05, 3.63) is 58.6 Å². The molecular weight excluding hydrogens is 472 g/mol. The van der Waals surface area contributed by atoms with Crippen LogP contribution in [0.5, 0.6) is 0 Å². The van der Waals surface area contributed by atoms with Crippen molar-refractivity contribution in [2.45, 2.75) is 49.9 Å². The number of amides is 1. The second-order valence-electron chi connectivity index (χ2n) is 8.83. The number of hydrogen-bond acceptors (Lipinski definition) is 5. The number of nitrogens with two attached hydrogens (primary N) is 1. The zero-order chi connectivity index (χ0) is 24.1. The first-order valence-corrected chi connectivity index (χ1v) is 12.7. The smallest absolute Gasteiger partial charge is 0.232 e. The quantitative estimate of drug-likeness (QED) is 0.696. The first-order chi connectivity index (χ1) is 15.4. The van der Waals surface area contributed by atoms with Crippen molar-refractivity contribution in [2.24, 2.45) is 10.7 Å². The topological polar surface area (TPSA) is 92.8 Å². The summed E-state index contributed by atoms with van der Waals surface area (Å²) in [5.74, 6) is -1.75. The molecule has 0 bridgehead atoms. The molecule has 2 aromatic rings. The molecular formula is C23H24ClF2N3O3S. The van der Waals surface area contributed by atoms with Crippen LogP contribution in [0.2, 0.25) is 5.02 Å². The van der Waals surface area contributed by atoms with E-state index in [1.165, 1.54) is 11.0 Å². The van der Waals surface area contributed by atoms with Gasteiger partial charge in [0.25, 0.3) is 0 Å². The summed E-state index contributed by atoms with van der Waals surface area (Å²) < 4.78 is 51.9. The number of aliphatic imine (C=N–C) groups is 1. The van der Waals surface area contributed by atoms with Gasteiger partial charge in [0.15, 0.2) is 15.8 Å². The van der Waals surface area contributed by atoms with Gasteiger partial charge in [0.1, 0.15) is 11.6 Å². The maximum Gasteiger partial charge on any atom is 0.232 e. The molecule has 10 heteroatoms. The largest absolute Gasteiger partial charge is 0.369 e. The van der Waals surface area contributed by atoms with Gasteiger partial charge < -0.3 is 5.73 Å². The van der Waals surface area contributed by atoms with Crippen LogP contribution in [0.4, 0.5) is 8.78 Å². The molecule has 2 heterocycles. The maximum atomic E-state index is 14.4. The molecule has 1 saturated heterocycles. The van der Waals surface area contributed by atoms with Crippen LogP contribution in [0.15, 0.2) is 41.4 Å². The molecule has 2 aliphatic heterocycles. The summed E-state index contributed by atoms with van der Waals surface area (Å²) >= 11 is 6.65. The highest BCUT2D eigenvalue weighted by Crippen LogP contribution is 2.42. The van der Waals surface area contributed by atoms with Gasteiger partial charge in [-0.2, -0.15) is 0 Å². The lowest BCUT2D eigenvalue weighted by Gasteiger charge is -2.41. The number of hydrogen-bond donors (Lipinski definition) is 1. The Kier molecular flexibility index (Phi) is 5.99. The van der Waals surface area contributed by atoms with Crippen LogP contribution in [-0.2, 0) is 20.2 Å². The maximum absolute atomic E-state index is 14.4. The molecule has 6 nitrogen and oxygen atoms in total. The van der Waals surface area contributed by atoms with Crippen LogP contribution in [-0.4, -0.2) is 42.2 Å². The lowest BCUT2D eigenvalue weighted by Crippen LogP contribution is -2.56. The molecule has 1 amide bonds. The molecule has 0 unspecified atom stereocenters. The molecule has 0 aliphatic carbocycles. The van der Waals surface area contributed by atoms with Crippen LogP contribution in [0, 0.1) is 11.6 Å². The molecule has 2 aromatic carbocycles. The summed E-state index contributed by atoms with van der Waals surface area (Å²) in [6.45, 7) is 3.35. The lowest BCUT2D eigenvalue weighted by atomic mass is 9.85. The number of halogens is 3. The van der Waals surface area contributed by atoms with Crippen molar-refractivity contribution < 1.29 is 22.0 Å². The standard InChI is InChI=1S/C23H24ClF2N3O3S/c1-13-10-15(8-9-33(13,31)32)29-20(30)12-23(2,28-22(29)27)18-5-3-4-17(21(18)24)16-7-6-14(25)11-19(16)26/h3-7,11,13,15H,8-10,12H2,1-2H3,(H2,27,28)/t13-,15+,23+/m1/s1. The van der Waals surface area contributed by atoms with E-state index in [0.29, 0.717) is 24.0 Å². The molecule has 0 radical (unpaired) electrons. The zero-order valence-corrected chi connectivity index (χ0v) is 19.8. The minimum atomic E-state index is -3.17. The summed E-state index contributed by atoms with van der Waals surface area (Å²) in [5, 5.41) is -0.373. The van der Waals surface area contributed by atoms with Crippen molar-refractivity contribution in [3.8, 4) is 11.1 Å². The van der Waals surface area contributed by atoms with Gasteiger partial charge in [0.05, 0.1) is 28.0 Å². The predicted octanol–water partition coefficient (Wildman–Crippen LogP) is 4.01. The molecule has 0 spiro atoms. The molecule has 1 fully saturated rings. The van der Waals surface area contributed by atoms with Gasteiger partial charge in [0, 0.05) is 23.2 Å². The molecule has 4 rings (SSSR count). The first-order valence-electron chi connectivity index (χ1n) is 10.6. The summed E-state index contributed by atoms with van der Waals surface area (Å²) in [5.41, 5.74) is 6.09. The normalized spacial score (nSPS) is 27.4. The van der Waals surface area contributed by atoms with Gasteiger partial charge in [-0.1, -0.05) is 29.8 Å². The third kappa shape index (κ3) is 4.24. The number of carbonyl (C=O) groups excluding carboxylic acids is 1. The van der Waals surface area contributed by atoms with Crippen molar-refractivity contribution in [3.63, 3.8) is 0 Å². The Morgan fingerprint density at radius 3 is 2.58 bits per heavy atom. The van der Waals surface area contributed by atoms with E-state index in [1.54, 1.807) is 32.0 Å². The van der Waals surface area contributed by atoms with Gasteiger partial charge in [-0.25, -0.2) is 22.2 Å². The number of sulfone groups is 1. The summed E-state index contributed by atoms with van der Waals surface area (Å²) in [7, 11) is -3.17. The molecule has 2 aliphatic rings. The predicted molar refractivity (Wildman–Crippen MR) is 124 cm³/mol. The third-order valence-corrected chi connectivity index (χ3v) is 9.12. The second-order valence-corrected chi connectivity index (χ2v) is 11.7. The van der Waals surface area contributed by atoms with E-state index in [1.807, 2.05) is 0 Å². The molecule has 2 N–H and O–H groups in total. The SMILES string of the molecule is C[C@@H]1C[C@@H](N2C(=O)C[C@@](C)(c3cccc(-c4ccc(F)cc4F)c3Cl)N=C2N)CCS1(=O)=O. The number of benzene rings is 2. The summed E-state index contributed by atoms with van der Waals surface area (Å²) in [6, 6.07) is 7.86. The van der Waals surface area contributed by atoms with Crippen LogP contribution >= 0.6 is 11.6 Å². The number of nitrogens with zero attached hydrogens (tertiary/aromatic N) is 2. The summed E-state index contributed by atoms with van der Waals surface area (Å²) in [4.78, 5) is 19.2. The molecule has 176 valence electrons. The number of carbonyl (C=O) groups is 1. The Morgan fingerprint density at radius 1 is 1.21 bits per heavy atom. The fourth-order valence-electron chi connectivity index (χ4n) is 4.65. The Morgan fingerprint density at radius 2 is 1.94 bits per heavy atom. The highest BCUT2D eigenvalue weighted by atomic mass is 35.5.